The lowest BCUT2D eigenvalue weighted by Gasteiger charge is -2.35. The van der Waals surface area contributed by atoms with Crippen LogP contribution in [0.1, 0.15) is 60.8 Å². The summed E-state index contributed by atoms with van der Waals surface area (Å²) in [6, 6.07) is 0.364. The molecule has 1 aliphatic heterocycles. The van der Waals surface area contributed by atoms with Crippen LogP contribution < -0.4 is 0 Å². The Hall–Kier alpha value is -0.490. The molecule has 0 spiro atoms. The van der Waals surface area contributed by atoms with Gasteiger partial charge in [-0.25, -0.2) is 0 Å². The highest BCUT2D eigenvalue weighted by Crippen LogP contribution is 2.26. The summed E-state index contributed by atoms with van der Waals surface area (Å²) >= 11 is 4.72. The minimum Gasteiger partial charge on any atom is -0.335 e. The van der Waals surface area contributed by atoms with E-state index < -0.39 is 0 Å². The van der Waals surface area contributed by atoms with Gasteiger partial charge in [-0.05, 0) is 43.1 Å². The number of carbonyl (C=O) groups is 1. The van der Waals surface area contributed by atoms with Crippen LogP contribution in [0.3, 0.4) is 0 Å². The summed E-state index contributed by atoms with van der Waals surface area (Å²) in [5, 5.41) is 5.06. The average molecular weight is 346 g/mol. The van der Waals surface area contributed by atoms with Gasteiger partial charge in [-0.2, -0.15) is 0 Å². The number of carbonyl (C=O) groups excluding carboxylic acids is 1. The van der Waals surface area contributed by atoms with Gasteiger partial charge in [-0.3, -0.25) is 4.79 Å². The zero-order chi connectivity index (χ0) is 13.8. The van der Waals surface area contributed by atoms with Crippen LogP contribution in [-0.2, 0) is 0 Å². The fraction of sp³-hybridized carbons (Fsp3) is 0.769. The minimum absolute atomic E-state index is 0.129. The van der Waals surface area contributed by atoms with Crippen molar-refractivity contribution in [3.8, 4) is 0 Å². The summed E-state index contributed by atoms with van der Waals surface area (Å²) in [7, 11) is 0. The molecule has 0 aromatic carbocycles. The Kier molecular flexibility index (Phi) is 5.33. The molecule has 4 nitrogen and oxygen atoms in total. The summed E-state index contributed by atoms with van der Waals surface area (Å²) in [6.07, 6.45) is 4.46. The van der Waals surface area contributed by atoms with Crippen molar-refractivity contribution in [2.75, 3.05) is 11.9 Å². The van der Waals surface area contributed by atoms with Crippen LogP contribution in [0.4, 0.5) is 0 Å². The smallest absolute Gasteiger partial charge is 0.267 e. The maximum absolute atomic E-state index is 12.7. The second-order valence-electron chi connectivity index (χ2n) is 5.27. The van der Waals surface area contributed by atoms with E-state index in [-0.39, 0.29) is 11.8 Å². The first-order valence-corrected chi connectivity index (χ1v) is 8.73. The third-order valence-electron chi connectivity index (χ3n) is 3.58. The molecule has 106 valence electrons. The highest BCUT2D eigenvalue weighted by atomic mass is 79.9. The van der Waals surface area contributed by atoms with Gasteiger partial charge in [0.05, 0.1) is 5.69 Å². The minimum atomic E-state index is 0.129. The van der Waals surface area contributed by atoms with Crippen LogP contribution in [0.2, 0.25) is 0 Å². The Balaban J connectivity index is 2.19. The van der Waals surface area contributed by atoms with Gasteiger partial charge in [-0.15, -0.1) is 5.10 Å². The van der Waals surface area contributed by atoms with Gasteiger partial charge in [0.2, 0.25) is 0 Å². The molecule has 0 N–H and O–H groups in total. The van der Waals surface area contributed by atoms with Crippen molar-refractivity contribution in [2.45, 2.75) is 51.5 Å². The van der Waals surface area contributed by atoms with E-state index in [0.29, 0.717) is 6.04 Å². The molecule has 0 aliphatic carbocycles. The summed E-state index contributed by atoms with van der Waals surface area (Å²) in [5.41, 5.74) is 0.846. The molecule has 1 aromatic rings. The van der Waals surface area contributed by atoms with Crippen molar-refractivity contribution < 1.29 is 4.79 Å². The van der Waals surface area contributed by atoms with Crippen molar-refractivity contribution in [3.05, 3.63) is 10.6 Å². The van der Waals surface area contributed by atoms with E-state index in [4.69, 9.17) is 0 Å². The van der Waals surface area contributed by atoms with Gasteiger partial charge >= 0.3 is 0 Å². The van der Waals surface area contributed by atoms with Crippen LogP contribution >= 0.6 is 27.5 Å². The van der Waals surface area contributed by atoms with E-state index in [1.807, 2.05) is 4.90 Å². The first kappa shape index (κ1) is 14.9. The van der Waals surface area contributed by atoms with Gasteiger partial charge in [0.1, 0.15) is 4.88 Å². The number of alkyl halides is 1. The Labute approximate surface area is 126 Å². The van der Waals surface area contributed by atoms with Crippen molar-refractivity contribution in [1.82, 2.24) is 14.5 Å². The predicted octanol–water partition coefficient (Wildman–Crippen LogP) is 3.44. The molecule has 2 rings (SSSR count). The molecule has 0 bridgehead atoms. The second-order valence-corrected chi connectivity index (χ2v) is 6.81. The van der Waals surface area contributed by atoms with Crippen molar-refractivity contribution in [2.24, 2.45) is 0 Å². The lowest BCUT2D eigenvalue weighted by Crippen LogP contribution is -2.44. The Morgan fingerprint density at radius 1 is 1.53 bits per heavy atom. The SMILES string of the molecule is CC(C)c1nnsc1C(=O)N1CCCCC1CCBr. The quantitative estimate of drug-likeness (QED) is 0.785. The fourth-order valence-corrected chi connectivity index (χ4v) is 3.85. The van der Waals surface area contributed by atoms with Gasteiger partial charge < -0.3 is 4.90 Å². The molecule has 1 aliphatic rings. The summed E-state index contributed by atoms with van der Waals surface area (Å²) in [5.74, 6) is 0.376. The maximum atomic E-state index is 12.7. The zero-order valence-electron chi connectivity index (χ0n) is 11.4. The third kappa shape index (κ3) is 3.34. The molecule has 2 heterocycles. The summed E-state index contributed by atoms with van der Waals surface area (Å²) in [6.45, 7) is 4.98. The monoisotopic (exact) mass is 345 g/mol. The number of hydrogen-bond acceptors (Lipinski definition) is 4. The number of rotatable bonds is 4. The van der Waals surface area contributed by atoms with Crippen LogP contribution in [-0.4, -0.2) is 38.3 Å². The number of piperidine rings is 1. The van der Waals surface area contributed by atoms with E-state index in [0.717, 1.165) is 41.7 Å². The van der Waals surface area contributed by atoms with Crippen molar-refractivity contribution in [1.29, 1.82) is 0 Å². The van der Waals surface area contributed by atoms with E-state index in [2.05, 4.69) is 39.4 Å². The van der Waals surface area contributed by atoms with E-state index in [1.165, 1.54) is 18.0 Å². The number of likely N-dealkylation sites (tertiary alicyclic amines) is 1. The molecule has 0 saturated carbocycles. The molecular formula is C13H20BrN3OS. The Morgan fingerprint density at radius 3 is 3.00 bits per heavy atom. The third-order valence-corrected chi connectivity index (χ3v) is 4.77. The fourth-order valence-electron chi connectivity index (χ4n) is 2.55. The summed E-state index contributed by atoms with van der Waals surface area (Å²) < 4.78 is 3.97. The van der Waals surface area contributed by atoms with E-state index >= 15 is 0 Å². The normalized spacial score (nSPS) is 20.0. The van der Waals surface area contributed by atoms with Gasteiger partial charge in [-0.1, -0.05) is 34.3 Å². The largest absolute Gasteiger partial charge is 0.335 e. The van der Waals surface area contributed by atoms with Gasteiger partial charge in [0, 0.05) is 17.9 Å². The molecule has 1 amide bonds. The topological polar surface area (TPSA) is 46.1 Å². The molecule has 6 heteroatoms. The second kappa shape index (κ2) is 6.79. The number of nitrogens with zero attached hydrogens (tertiary/aromatic N) is 3. The average Bonchev–Trinajstić information content (AvgIpc) is 2.88. The highest BCUT2D eigenvalue weighted by Gasteiger charge is 2.30. The molecule has 1 fully saturated rings. The predicted molar refractivity (Wildman–Crippen MR) is 81.1 cm³/mol. The van der Waals surface area contributed by atoms with Gasteiger partial charge in [0.25, 0.3) is 5.91 Å². The van der Waals surface area contributed by atoms with E-state index in [9.17, 15) is 4.79 Å². The lowest BCUT2D eigenvalue weighted by atomic mass is 9.99. The molecule has 1 aromatic heterocycles. The molecule has 1 saturated heterocycles. The molecule has 1 unspecified atom stereocenters. The zero-order valence-corrected chi connectivity index (χ0v) is 13.8. The number of aromatic nitrogens is 2. The molecule has 19 heavy (non-hydrogen) atoms. The maximum Gasteiger partial charge on any atom is 0.267 e. The number of amides is 1. The standard InChI is InChI=1S/C13H20BrN3OS/c1-9(2)11-12(19-16-15-11)13(18)17-8-4-3-5-10(17)6-7-14/h9-10H,3-8H2,1-2H3. The van der Waals surface area contributed by atoms with E-state index in [1.54, 1.807) is 0 Å². The first-order chi connectivity index (χ1) is 9.15. The van der Waals surface area contributed by atoms with Crippen LogP contribution in [0.5, 0.6) is 0 Å². The van der Waals surface area contributed by atoms with Crippen LogP contribution in [0.15, 0.2) is 0 Å². The number of halogens is 1. The van der Waals surface area contributed by atoms with Crippen LogP contribution in [0, 0.1) is 0 Å². The Bertz CT molecular complexity index is 433. The molecular weight excluding hydrogens is 326 g/mol. The van der Waals surface area contributed by atoms with Crippen LogP contribution in [0.25, 0.3) is 0 Å². The molecule has 1 atom stereocenters. The summed E-state index contributed by atoms with van der Waals surface area (Å²) in [4.78, 5) is 15.5. The Morgan fingerprint density at radius 2 is 2.32 bits per heavy atom. The van der Waals surface area contributed by atoms with Crippen molar-refractivity contribution >= 4 is 33.4 Å². The first-order valence-electron chi connectivity index (χ1n) is 6.84. The molecule has 0 radical (unpaired) electrons. The van der Waals surface area contributed by atoms with Crippen molar-refractivity contribution in [3.63, 3.8) is 0 Å². The highest BCUT2D eigenvalue weighted by molar-refractivity contribution is 9.09. The lowest BCUT2D eigenvalue weighted by molar-refractivity contribution is 0.0613. The number of hydrogen-bond donors (Lipinski definition) is 0. The van der Waals surface area contributed by atoms with Gasteiger partial charge in [0.15, 0.2) is 0 Å².